The van der Waals surface area contributed by atoms with E-state index in [0.717, 1.165) is 76.1 Å². The first kappa shape index (κ1) is 26.7. The number of hydrogen-bond acceptors (Lipinski definition) is 6. The minimum atomic E-state index is -0.0757. The highest BCUT2D eigenvalue weighted by Gasteiger charge is 2.27. The highest BCUT2D eigenvalue weighted by atomic mass is 127. The summed E-state index contributed by atoms with van der Waals surface area (Å²) >= 11 is 0. The fourth-order valence-electron chi connectivity index (χ4n) is 3.99. The van der Waals surface area contributed by atoms with Crippen molar-refractivity contribution in [3.05, 3.63) is 29.8 Å². The molecular formula is C23H37IN4O4. The van der Waals surface area contributed by atoms with Crippen molar-refractivity contribution in [1.82, 2.24) is 15.1 Å². The summed E-state index contributed by atoms with van der Waals surface area (Å²) in [4.78, 5) is 21.0. The van der Waals surface area contributed by atoms with Crippen LogP contribution >= 0.6 is 24.0 Å². The quantitative estimate of drug-likeness (QED) is 0.227. The van der Waals surface area contributed by atoms with Crippen LogP contribution in [0.5, 0.6) is 5.75 Å². The van der Waals surface area contributed by atoms with Gasteiger partial charge in [0, 0.05) is 51.9 Å². The summed E-state index contributed by atoms with van der Waals surface area (Å²) in [5, 5.41) is 3.46. The number of benzene rings is 1. The van der Waals surface area contributed by atoms with Gasteiger partial charge in [-0.3, -0.25) is 14.7 Å². The van der Waals surface area contributed by atoms with Gasteiger partial charge in [-0.25, -0.2) is 0 Å². The lowest BCUT2D eigenvalue weighted by molar-refractivity contribution is -0.149. The number of rotatable bonds is 8. The zero-order valence-electron chi connectivity index (χ0n) is 19.3. The number of aliphatic imine (C=N–C) groups is 1. The van der Waals surface area contributed by atoms with E-state index in [1.165, 1.54) is 0 Å². The van der Waals surface area contributed by atoms with Crippen LogP contribution in [0.2, 0.25) is 0 Å². The van der Waals surface area contributed by atoms with Crippen LogP contribution < -0.4 is 10.1 Å². The number of esters is 1. The lowest BCUT2D eigenvalue weighted by Gasteiger charge is -2.33. The maximum atomic E-state index is 12.0. The van der Waals surface area contributed by atoms with Gasteiger partial charge in [0.05, 0.1) is 25.7 Å². The van der Waals surface area contributed by atoms with Gasteiger partial charge in [0.25, 0.3) is 0 Å². The fourth-order valence-corrected chi connectivity index (χ4v) is 3.99. The average molecular weight is 560 g/mol. The van der Waals surface area contributed by atoms with Crippen molar-refractivity contribution >= 4 is 35.9 Å². The van der Waals surface area contributed by atoms with Crippen LogP contribution in [0, 0.1) is 5.92 Å². The van der Waals surface area contributed by atoms with Crippen LogP contribution in [-0.4, -0.2) is 87.9 Å². The molecule has 0 spiro atoms. The molecular weight excluding hydrogens is 523 g/mol. The molecule has 0 atom stereocenters. The number of ether oxygens (including phenoxy) is 3. The van der Waals surface area contributed by atoms with Crippen LogP contribution in [0.15, 0.2) is 29.3 Å². The highest BCUT2D eigenvalue weighted by molar-refractivity contribution is 14.0. The largest absolute Gasteiger partial charge is 0.492 e. The number of morpholine rings is 1. The Balaban J connectivity index is 0.00000363. The van der Waals surface area contributed by atoms with E-state index >= 15 is 0 Å². The molecule has 2 saturated heterocycles. The smallest absolute Gasteiger partial charge is 0.309 e. The standard InChI is InChI=1S/C23H36N4O4.HI/c1-3-30-22(28)19-8-10-27(11-9-19)23(24-2)25-18-20-6-4-5-7-21(20)31-17-14-26-12-15-29-16-13-26;/h4-7,19H,3,8-18H2,1-2H3,(H,24,25);1H. The fraction of sp³-hybridized carbons (Fsp3) is 0.652. The Kier molecular flexibility index (Phi) is 12.1. The van der Waals surface area contributed by atoms with Gasteiger partial charge >= 0.3 is 5.97 Å². The number of halogens is 1. The van der Waals surface area contributed by atoms with Gasteiger partial charge in [0.1, 0.15) is 12.4 Å². The minimum absolute atomic E-state index is 0. The Labute approximate surface area is 208 Å². The lowest BCUT2D eigenvalue weighted by Crippen LogP contribution is -2.46. The molecule has 0 amide bonds. The average Bonchev–Trinajstić information content (AvgIpc) is 2.81. The molecule has 0 bridgehead atoms. The molecule has 3 rings (SSSR count). The number of nitrogens with zero attached hydrogens (tertiary/aromatic N) is 3. The maximum absolute atomic E-state index is 12.0. The minimum Gasteiger partial charge on any atom is -0.492 e. The van der Waals surface area contributed by atoms with Gasteiger partial charge in [-0.15, -0.1) is 24.0 Å². The summed E-state index contributed by atoms with van der Waals surface area (Å²) in [6.07, 6.45) is 1.58. The molecule has 0 saturated carbocycles. The van der Waals surface area contributed by atoms with Gasteiger partial charge in [-0.1, -0.05) is 18.2 Å². The third-order valence-electron chi connectivity index (χ3n) is 5.80. The Hall–Kier alpha value is -1.59. The van der Waals surface area contributed by atoms with Crippen molar-refractivity contribution in [2.75, 3.05) is 66.2 Å². The maximum Gasteiger partial charge on any atom is 0.309 e. The summed E-state index contributed by atoms with van der Waals surface area (Å²) < 4.78 is 16.7. The second kappa shape index (κ2) is 14.5. The summed E-state index contributed by atoms with van der Waals surface area (Å²) in [5.74, 6) is 1.67. The molecule has 8 nitrogen and oxygen atoms in total. The molecule has 180 valence electrons. The molecule has 0 aromatic heterocycles. The summed E-state index contributed by atoms with van der Waals surface area (Å²) in [5.41, 5.74) is 1.10. The van der Waals surface area contributed by atoms with Crippen LogP contribution in [0.3, 0.4) is 0 Å². The van der Waals surface area contributed by atoms with Crippen molar-refractivity contribution in [3.63, 3.8) is 0 Å². The molecule has 2 heterocycles. The Bertz CT molecular complexity index is 720. The van der Waals surface area contributed by atoms with Crippen molar-refractivity contribution in [3.8, 4) is 5.75 Å². The van der Waals surface area contributed by atoms with E-state index in [-0.39, 0.29) is 35.9 Å². The van der Waals surface area contributed by atoms with Crippen LogP contribution in [0.4, 0.5) is 0 Å². The lowest BCUT2D eigenvalue weighted by atomic mass is 9.97. The molecule has 0 aliphatic carbocycles. The molecule has 1 N–H and O–H groups in total. The zero-order valence-corrected chi connectivity index (χ0v) is 21.6. The number of carbonyl (C=O) groups excluding carboxylic acids is 1. The van der Waals surface area contributed by atoms with E-state index in [2.05, 4.69) is 26.2 Å². The van der Waals surface area contributed by atoms with E-state index in [0.29, 0.717) is 19.8 Å². The number of piperidine rings is 1. The Morgan fingerprint density at radius 2 is 1.91 bits per heavy atom. The monoisotopic (exact) mass is 560 g/mol. The molecule has 1 aromatic carbocycles. The first-order chi connectivity index (χ1) is 15.2. The first-order valence-electron chi connectivity index (χ1n) is 11.3. The van der Waals surface area contributed by atoms with Gasteiger partial charge in [0.15, 0.2) is 5.96 Å². The number of guanidine groups is 1. The third-order valence-corrected chi connectivity index (χ3v) is 5.80. The van der Waals surface area contributed by atoms with Crippen molar-refractivity contribution in [1.29, 1.82) is 0 Å². The number of carbonyl (C=O) groups is 1. The number of para-hydroxylation sites is 1. The second-order valence-electron chi connectivity index (χ2n) is 7.82. The molecule has 2 fully saturated rings. The molecule has 32 heavy (non-hydrogen) atoms. The van der Waals surface area contributed by atoms with E-state index in [9.17, 15) is 4.79 Å². The summed E-state index contributed by atoms with van der Waals surface area (Å²) in [6, 6.07) is 8.13. The molecule has 2 aliphatic rings. The molecule has 0 unspecified atom stereocenters. The van der Waals surface area contributed by atoms with E-state index < -0.39 is 0 Å². The van der Waals surface area contributed by atoms with Crippen molar-refractivity contribution in [2.24, 2.45) is 10.9 Å². The zero-order chi connectivity index (χ0) is 21.9. The molecule has 2 aliphatic heterocycles. The summed E-state index contributed by atoms with van der Waals surface area (Å²) in [6.45, 7) is 9.62. The highest BCUT2D eigenvalue weighted by Crippen LogP contribution is 2.20. The van der Waals surface area contributed by atoms with Gasteiger partial charge in [0.2, 0.25) is 0 Å². The third kappa shape index (κ3) is 8.08. The van der Waals surface area contributed by atoms with Crippen molar-refractivity contribution < 1.29 is 19.0 Å². The van der Waals surface area contributed by atoms with Crippen LogP contribution in [-0.2, 0) is 20.8 Å². The van der Waals surface area contributed by atoms with Crippen LogP contribution in [0.1, 0.15) is 25.3 Å². The Morgan fingerprint density at radius 1 is 1.19 bits per heavy atom. The number of likely N-dealkylation sites (tertiary alicyclic amines) is 1. The predicted octanol–water partition coefficient (Wildman–Crippen LogP) is 2.37. The second-order valence-corrected chi connectivity index (χ2v) is 7.82. The van der Waals surface area contributed by atoms with Crippen LogP contribution in [0.25, 0.3) is 0 Å². The predicted molar refractivity (Wildman–Crippen MR) is 136 cm³/mol. The normalized spacial score (nSPS) is 18.1. The SMILES string of the molecule is CCOC(=O)C1CCN(C(=NC)NCc2ccccc2OCCN2CCOCC2)CC1.I. The Morgan fingerprint density at radius 3 is 2.59 bits per heavy atom. The van der Waals surface area contributed by atoms with Gasteiger partial charge in [-0.2, -0.15) is 0 Å². The van der Waals surface area contributed by atoms with Gasteiger partial charge < -0.3 is 24.4 Å². The number of hydrogen-bond donors (Lipinski definition) is 1. The summed E-state index contributed by atoms with van der Waals surface area (Å²) in [7, 11) is 1.80. The van der Waals surface area contributed by atoms with Crippen molar-refractivity contribution in [2.45, 2.75) is 26.3 Å². The molecule has 1 aromatic rings. The first-order valence-corrected chi connectivity index (χ1v) is 11.3. The molecule has 0 radical (unpaired) electrons. The molecule has 9 heteroatoms. The topological polar surface area (TPSA) is 75.6 Å². The van der Waals surface area contributed by atoms with E-state index in [1.54, 1.807) is 7.05 Å². The number of nitrogens with one attached hydrogen (secondary N) is 1. The van der Waals surface area contributed by atoms with Gasteiger partial charge in [-0.05, 0) is 25.8 Å². The van der Waals surface area contributed by atoms with E-state index in [4.69, 9.17) is 14.2 Å². The van der Waals surface area contributed by atoms with E-state index in [1.807, 2.05) is 25.1 Å².